The zero-order valence-corrected chi connectivity index (χ0v) is 6.89. The summed E-state index contributed by atoms with van der Waals surface area (Å²) < 4.78 is 0. The molecule has 0 saturated carbocycles. The van der Waals surface area contributed by atoms with E-state index in [9.17, 15) is 0 Å². The summed E-state index contributed by atoms with van der Waals surface area (Å²) in [5.41, 5.74) is 0. The Morgan fingerprint density at radius 3 is 1.09 bits per heavy atom. The van der Waals surface area contributed by atoms with Gasteiger partial charge in [0.25, 0.3) is 0 Å². The normalized spacial score (nSPS) is 5.82. The van der Waals surface area contributed by atoms with Gasteiger partial charge >= 0.3 is 17.4 Å². The van der Waals surface area contributed by atoms with Crippen molar-refractivity contribution >= 4 is 11.9 Å². The summed E-state index contributed by atoms with van der Waals surface area (Å²) in [4.78, 5) is 18.3. The number of carboxylic acids is 2. The molecule has 0 aromatic carbocycles. The first kappa shape index (κ1) is 16.5. The van der Waals surface area contributed by atoms with Crippen LogP contribution in [0.25, 0.3) is 0 Å². The Hall–Kier alpha value is -1.05. The third-order valence-electron chi connectivity index (χ3n) is 0.333. The van der Waals surface area contributed by atoms with Gasteiger partial charge in [-0.2, -0.15) is 0 Å². The van der Waals surface area contributed by atoms with Crippen LogP contribution in [0, 0.1) is 0 Å². The van der Waals surface area contributed by atoms with Crippen molar-refractivity contribution in [2.24, 2.45) is 0 Å². The van der Waals surface area contributed by atoms with Crippen molar-refractivity contribution in [2.75, 3.05) is 0 Å². The van der Waals surface area contributed by atoms with Gasteiger partial charge in [-0.1, -0.05) is 13.2 Å². The number of carboxylic acid groups (broad SMARTS) is 2. The third-order valence-corrected chi connectivity index (χ3v) is 0.333. The van der Waals surface area contributed by atoms with E-state index in [1.807, 2.05) is 0 Å². The molecule has 0 unspecified atom stereocenters. The van der Waals surface area contributed by atoms with Gasteiger partial charge in [0.05, 0.1) is 11.9 Å². The quantitative estimate of drug-likeness (QED) is 0.469. The van der Waals surface area contributed by atoms with Crippen LogP contribution in [0.2, 0.25) is 0 Å². The van der Waals surface area contributed by atoms with Crippen LogP contribution in [0.3, 0.4) is 0 Å². The monoisotopic (exact) mass is 194 g/mol. The average molecular weight is 194 g/mol. The first-order chi connectivity index (χ1) is 4.54. The molecule has 0 heterocycles. The average Bonchev–Trinajstić information content (AvgIpc) is 1.89. The predicted molar refractivity (Wildman–Crippen MR) is 30.4 cm³/mol. The Balaban J connectivity index is -0.000000107. The summed E-state index contributed by atoms with van der Waals surface area (Å²) in [6.45, 7) is 5.80. The molecule has 0 saturated heterocycles. The Morgan fingerprint density at radius 1 is 1.00 bits per heavy atom. The molecule has 0 bridgehead atoms. The van der Waals surface area contributed by atoms with E-state index < -0.39 is 11.9 Å². The van der Waals surface area contributed by atoms with E-state index >= 15 is 0 Å². The minimum Gasteiger partial charge on any atom is -0.545 e. The third kappa shape index (κ3) is 49.6. The van der Waals surface area contributed by atoms with Crippen LogP contribution in [-0.4, -0.2) is 11.9 Å². The zero-order chi connectivity index (χ0) is 8.57. The first-order valence-corrected chi connectivity index (χ1v) is 2.21. The molecule has 0 amide bonds. The molecule has 5 heteroatoms. The van der Waals surface area contributed by atoms with Crippen molar-refractivity contribution in [3.8, 4) is 0 Å². The smallest absolute Gasteiger partial charge is 0.545 e. The SMILES string of the molecule is C=CC(=O)[O-].C=CC(=O)[O-].[Cr+2]. The summed E-state index contributed by atoms with van der Waals surface area (Å²) in [6, 6.07) is 0. The molecule has 0 rings (SSSR count). The van der Waals surface area contributed by atoms with E-state index in [-0.39, 0.29) is 17.4 Å². The van der Waals surface area contributed by atoms with Crippen LogP contribution in [0.5, 0.6) is 0 Å². The molecular formula is C6H6CrO4. The van der Waals surface area contributed by atoms with Gasteiger partial charge in [0, 0.05) is 0 Å². The van der Waals surface area contributed by atoms with E-state index in [1.165, 1.54) is 0 Å². The van der Waals surface area contributed by atoms with Crippen molar-refractivity contribution in [2.45, 2.75) is 0 Å². The fraction of sp³-hybridized carbons (Fsp3) is 0. The van der Waals surface area contributed by atoms with E-state index in [0.717, 1.165) is 12.2 Å². The van der Waals surface area contributed by atoms with Gasteiger partial charge in [-0.25, -0.2) is 0 Å². The molecule has 0 aliphatic carbocycles. The molecule has 0 atom stereocenters. The Morgan fingerprint density at radius 2 is 1.09 bits per heavy atom. The van der Waals surface area contributed by atoms with Gasteiger partial charge in [0.1, 0.15) is 0 Å². The van der Waals surface area contributed by atoms with Gasteiger partial charge in [0.2, 0.25) is 0 Å². The van der Waals surface area contributed by atoms with Gasteiger partial charge in [-0.3, -0.25) is 0 Å². The fourth-order valence-electron chi connectivity index (χ4n) is 0. The molecule has 60 valence electrons. The van der Waals surface area contributed by atoms with Crippen molar-refractivity contribution in [3.63, 3.8) is 0 Å². The molecule has 0 aliphatic heterocycles. The number of aliphatic carboxylic acids is 2. The molecule has 0 radical (unpaired) electrons. The molecule has 0 aromatic rings. The number of rotatable bonds is 2. The summed E-state index contributed by atoms with van der Waals surface area (Å²) in [7, 11) is 0. The van der Waals surface area contributed by atoms with E-state index in [0.29, 0.717) is 0 Å². The van der Waals surface area contributed by atoms with Gasteiger partial charge in [-0.15, -0.1) is 0 Å². The molecule has 0 fully saturated rings. The van der Waals surface area contributed by atoms with E-state index in [4.69, 9.17) is 19.8 Å². The Labute approximate surface area is 75.0 Å². The standard InChI is InChI=1S/2C3H4O2.Cr/c2*1-2-3(4)5;/h2*2H,1H2,(H,4,5);/q;;+2/p-2. The molecule has 0 aromatic heterocycles. The topological polar surface area (TPSA) is 80.3 Å². The maximum absolute atomic E-state index is 9.14. The zero-order valence-electron chi connectivity index (χ0n) is 5.61. The predicted octanol–water partition coefficient (Wildman–Crippen LogP) is -2.16. The summed E-state index contributed by atoms with van der Waals surface area (Å²) >= 11 is 0. The maximum Gasteiger partial charge on any atom is 2.00 e. The number of hydrogen-bond donors (Lipinski definition) is 0. The largest absolute Gasteiger partial charge is 2.00 e. The molecular weight excluding hydrogens is 188 g/mol. The van der Waals surface area contributed by atoms with Crippen LogP contribution < -0.4 is 10.2 Å². The van der Waals surface area contributed by atoms with Crippen molar-refractivity contribution in [3.05, 3.63) is 25.3 Å². The Bertz CT molecular complexity index is 135. The van der Waals surface area contributed by atoms with Crippen LogP contribution in [-0.2, 0) is 27.0 Å². The summed E-state index contributed by atoms with van der Waals surface area (Å²) in [5.74, 6) is -2.46. The second-order valence-electron chi connectivity index (χ2n) is 1.05. The van der Waals surface area contributed by atoms with Crippen LogP contribution in [0.15, 0.2) is 25.3 Å². The number of hydrogen-bond acceptors (Lipinski definition) is 4. The van der Waals surface area contributed by atoms with Crippen molar-refractivity contribution < 1.29 is 37.2 Å². The van der Waals surface area contributed by atoms with E-state index in [2.05, 4.69) is 13.2 Å². The minimum atomic E-state index is -1.23. The molecule has 0 aliphatic rings. The maximum atomic E-state index is 9.14. The first-order valence-electron chi connectivity index (χ1n) is 2.21. The molecule has 4 nitrogen and oxygen atoms in total. The second-order valence-corrected chi connectivity index (χ2v) is 1.05. The van der Waals surface area contributed by atoms with E-state index in [1.54, 1.807) is 0 Å². The van der Waals surface area contributed by atoms with Gasteiger partial charge in [-0.05, 0) is 12.2 Å². The Kier molecular flexibility index (Phi) is 17.6. The van der Waals surface area contributed by atoms with Gasteiger partial charge in [0.15, 0.2) is 0 Å². The molecule has 11 heavy (non-hydrogen) atoms. The van der Waals surface area contributed by atoms with Crippen molar-refractivity contribution in [1.82, 2.24) is 0 Å². The van der Waals surface area contributed by atoms with Crippen LogP contribution in [0.1, 0.15) is 0 Å². The molecule has 0 N–H and O–H groups in total. The number of carbonyl (C=O) groups is 2. The van der Waals surface area contributed by atoms with Crippen molar-refractivity contribution in [1.29, 1.82) is 0 Å². The second kappa shape index (κ2) is 11.7. The minimum absolute atomic E-state index is 0. The fourth-order valence-corrected chi connectivity index (χ4v) is 0. The molecule has 0 spiro atoms. The summed E-state index contributed by atoms with van der Waals surface area (Å²) in [6.07, 6.45) is 1.44. The summed E-state index contributed by atoms with van der Waals surface area (Å²) in [5, 5.41) is 18.3. The van der Waals surface area contributed by atoms with Crippen LogP contribution >= 0.6 is 0 Å². The van der Waals surface area contributed by atoms with Crippen LogP contribution in [0.4, 0.5) is 0 Å². The van der Waals surface area contributed by atoms with Gasteiger partial charge < -0.3 is 19.8 Å². The number of carbonyl (C=O) groups excluding carboxylic acids is 2.